The molecule has 0 spiro atoms. The van der Waals surface area contributed by atoms with Gasteiger partial charge in [-0.15, -0.1) is 0 Å². The predicted molar refractivity (Wildman–Crippen MR) is 199 cm³/mol. The van der Waals surface area contributed by atoms with Gasteiger partial charge in [0.2, 0.25) is 0 Å². The smallest absolute Gasteiger partial charge is 0.0737 e. The molecule has 2 N–H and O–H groups in total. The summed E-state index contributed by atoms with van der Waals surface area (Å²) in [5.41, 5.74) is 16.4. The molecular weight excluding hydrogens is 631 g/mol. The average molecular weight is 654 g/mol. The van der Waals surface area contributed by atoms with Crippen LogP contribution >= 0.6 is 23.2 Å². The van der Waals surface area contributed by atoms with Crippen molar-refractivity contribution >= 4 is 66.8 Å². The van der Waals surface area contributed by atoms with Crippen LogP contribution in [0.15, 0.2) is 121 Å². The van der Waals surface area contributed by atoms with Gasteiger partial charge in [0, 0.05) is 87.0 Å². The maximum atomic E-state index is 6.79. The number of halogens is 2. The Kier molecular flexibility index (Phi) is 5.20. The van der Waals surface area contributed by atoms with Gasteiger partial charge < -0.3 is 9.97 Å². The fraction of sp³-hybridized carbons (Fsp3) is 0. The molecule has 0 atom stereocenters. The molecular formula is C42H22Cl2N4. The number of hydrogen-bond acceptors (Lipinski definition) is 2. The van der Waals surface area contributed by atoms with Crippen LogP contribution in [0.3, 0.4) is 0 Å². The largest absolute Gasteiger partial charge is 0.354 e. The van der Waals surface area contributed by atoms with E-state index in [-0.39, 0.29) is 0 Å². The van der Waals surface area contributed by atoms with Crippen LogP contribution in [0.4, 0.5) is 0 Å². The highest BCUT2D eigenvalue weighted by Crippen LogP contribution is 2.54. The number of benzene rings is 5. The summed E-state index contributed by atoms with van der Waals surface area (Å²) in [7, 11) is 0. The first-order valence-corrected chi connectivity index (χ1v) is 16.6. The van der Waals surface area contributed by atoms with Crippen LogP contribution in [0.5, 0.6) is 0 Å². The SMILES string of the molecule is Clc1ccc2c3c(ccc(Cl)c13)-c1c-2c2cc3nc(cc4[nH]c(cc5nc(cc1[nH]2)-c1ccccc1-5)c1ccccc41)-c1ccccc1-3. The van der Waals surface area contributed by atoms with Crippen LogP contribution in [0.1, 0.15) is 0 Å². The number of H-pyrrole nitrogens is 2. The van der Waals surface area contributed by atoms with E-state index in [1.165, 1.54) is 0 Å². The molecule has 2 aliphatic heterocycles. The van der Waals surface area contributed by atoms with E-state index in [0.29, 0.717) is 10.0 Å². The van der Waals surface area contributed by atoms with E-state index in [0.717, 1.165) is 111 Å². The van der Waals surface area contributed by atoms with Crippen LogP contribution < -0.4 is 0 Å². The minimum atomic E-state index is 0.646. The van der Waals surface area contributed by atoms with E-state index in [1.54, 1.807) is 0 Å². The number of rotatable bonds is 0. The second-order valence-electron chi connectivity index (χ2n) is 12.6. The molecule has 11 rings (SSSR count). The number of nitrogens with one attached hydrogen (secondary N) is 2. The highest BCUT2D eigenvalue weighted by atomic mass is 35.5. The van der Waals surface area contributed by atoms with Crippen molar-refractivity contribution in [1.82, 2.24) is 19.9 Å². The van der Waals surface area contributed by atoms with Gasteiger partial charge in [0.25, 0.3) is 0 Å². The second-order valence-corrected chi connectivity index (χ2v) is 13.4. The number of aromatic nitrogens is 4. The Labute approximate surface area is 284 Å². The first-order chi connectivity index (χ1) is 23.6. The quantitative estimate of drug-likeness (QED) is 0.171. The zero-order chi connectivity index (χ0) is 31.7. The van der Waals surface area contributed by atoms with Crippen molar-refractivity contribution in [3.63, 3.8) is 0 Å². The zero-order valence-corrected chi connectivity index (χ0v) is 26.7. The first-order valence-electron chi connectivity index (χ1n) is 15.9. The summed E-state index contributed by atoms with van der Waals surface area (Å²) in [6.07, 6.45) is 0. The van der Waals surface area contributed by atoms with Gasteiger partial charge in [0.05, 0.1) is 22.8 Å². The normalized spacial score (nSPS) is 12.4. The van der Waals surface area contributed by atoms with Crippen molar-refractivity contribution in [1.29, 1.82) is 0 Å². The van der Waals surface area contributed by atoms with E-state index in [9.17, 15) is 0 Å². The Morgan fingerprint density at radius 1 is 0.375 bits per heavy atom. The molecule has 3 aromatic heterocycles. The van der Waals surface area contributed by atoms with Gasteiger partial charge in [0.15, 0.2) is 0 Å². The lowest BCUT2D eigenvalue weighted by atomic mass is 10.0. The molecule has 224 valence electrons. The Morgan fingerprint density at radius 2 is 0.750 bits per heavy atom. The molecule has 0 radical (unpaired) electrons. The number of hydrogen-bond donors (Lipinski definition) is 2. The maximum Gasteiger partial charge on any atom is 0.0737 e. The Bertz CT molecular complexity index is 2740. The third kappa shape index (κ3) is 3.51. The molecule has 3 aliphatic rings. The second kappa shape index (κ2) is 9.45. The lowest BCUT2D eigenvalue weighted by Crippen LogP contribution is -1.82. The van der Waals surface area contributed by atoms with Gasteiger partial charge in [-0.1, -0.05) is 108 Å². The standard InChI is InChI=1S/C42H22Cl2N4/c43-29-15-13-27-39-28(14-16-30(44)42(29)39)41-38-20-36-26-12-6-4-10-24(26)34(47-36)18-32-22-8-2-1-7-21(22)31(45-32)17-33-23-9-3-5-11-25(23)35(46-33)19-37(48-38)40(27)41/h1-20,45,48H. The third-order valence-corrected chi connectivity index (χ3v) is 10.6. The summed E-state index contributed by atoms with van der Waals surface area (Å²) in [6.45, 7) is 0. The van der Waals surface area contributed by atoms with Crippen LogP contribution in [0.25, 0.3) is 111 Å². The first kappa shape index (κ1) is 26.4. The van der Waals surface area contributed by atoms with Crippen molar-refractivity contribution in [3.8, 4) is 67.3 Å². The van der Waals surface area contributed by atoms with Crippen LogP contribution in [0.2, 0.25) is 10.0 Å². The van der Waals surface area contributed by atoms with Gasteiger partial charge in [-0.25, -0.2) is 9.97 Å². The monoisotopic (exact) mass is 652 g/mol. The Balaban J connectivity index is 1.36. The van der Waals surface area contributed by atoms with Gasteiger partial charge >= 0.3 is 0 Å². The van der Waals surface area contributed by atoms with Gasteiger partial charge in [-0.3, -0.25) is 0 Å². The van der Waals surface area contributed by atoms with Gasteiger partial charge in [-0.05, 0) is 47.5 Å². The average Bonchev–Trinajstić information content (AvgIpc) is 3.90. The summed E-state index contributed by atoms with van der Waals surface area (Å²) in [5, 5.41) is 5.53. The number of nitrogens with zero attached hydrogens (tertiary/aromatic N) is 2. The van der Waals surface area contributed by atoms with Crippen LogP contribution in [-0.2, 0) is 0 Å². The number of fused-ring (bicyclic) bond motifs is 22. The summed E-state index contributed by atoms with van der Waals surface area (Å²) >= 11 is 13.6. The topological polar surface area (TPSA) is 57.4 Å². The van der Waals surface area contributed by atoms with Crippen molar-refractivity contribution in [2.45, 2.75) is 0 Å². The van der Waals surface area contributed by atoms with Crippen molar-refractivity contribution < 1.29 is 0 Å². The molecule has 8 aromatic rings. The van der Waals surface area contributed by atoms with E-state index in [2.05, 4.69) is 119 Å². The van der Waals surface area contributed by atoms with E-state index < -0.39 is 0 Å². The molecule has 0 amide bonds. The van der Waals surface area contributed by atoms with E-state index in [1.807, 2.05) is 12.1 Å². The lowest BCUT2D eigenvalue weighted by molar-refractivity contribution is 1.40. The molecule has 8 bridgehead atoms. The summed E-state index contributed by atoms with van der Waals surface area (Å²) in [4.78, 5) is 18.1. The summed E-state index contributed by atoms with van der Waals surface area (Å²) in [5.74, 6) is 0. The van der Waals surface area contributed by atoms with Crippen molar-refractivity contribution in [2.24, 2.45) is 0 Å². The third-order valence-electron chi connectivity index (χ3n) is 10.00. The van der Waals surface area contributed by atoms with Crippen LogP contribution in [-0.4, -0.2) is 19.9 Å². The molecule has 0 fully saturated rings. The summed E-state index contributed by atoms with van der Waals surface area (Å²) < 4.78 is 0. The molecule has 0 unspecified atom stereocenters. The molecule has 4 nitrogen and oxygen atoms in total. The van der Waals surface area contributed by atoms with E-state index in [4.69, 9.17) is 33.2 Å². The Hall–Kier alpha value is -5.68. The Morgan fingerprint density at radius 3 is 1.19 bits per heavy atom. The molecule has 5 aromatic carbocycles. The van der Waals surface area contributed by atoms with Gasteiger partial charge in [0.1, 0.15) is 0 Å². The minimum absolute atomic E-state index is 0.646. The zero-order valence-electron chi connectivity index (χ0n) is 25.2. The molecule has 48 heavy (non-hydrogen) atoms. The molecule has 6 heteroatoms. The lowest BCUT2D eigenvalue weighted by Gasteiger charge is -2.07. The fourth-order valence-electron chi connectivity index (χ4n) is 7.95. The highest BCUT2D eigenvalue weighted by molar-refractivity contribution is 6.44. The number of aromatic amines is 2. The highest BCUT2D eigenvalue weighted by Gasteiger charge is 2.29. The van der Waals surface area contributed by atoms with Crippen LogP contribution in [0, 0.1) is 0 Å². The molecule has 0 saturated heterocycles. The summed E-state index contributed by atoms with van der Waals surface area (Å²) in [6, 6.07) is 42.2. The predicted octanol–water partition coefficient (Wildman–Crippen LogP) is 12.2. The van der Waals surface area contributed by atoms with E-state index >= 15 is 0 Å². The fourth-order valence-corrected chi connectivity index (χ4v) is 8.52. The molecule has 5 heterocycles. The maximum absolute atomic E-state index is 6.79. The minimum Gasteiger partial charge on any atom is -0.354 e. The van der Waals surface area contributed by atoms with Gasteiger partial charge in [-0.2, -0.15) is 0 Å². The van der Waals surface area contributed by atoms with Crippen molar-refractivity contribution in [2.75, 3.05) is 0 Å². The molecule has 1 aliphatic carbocycles. The molecule has 0 saturated carbocycles. The van der Waals surface area contributed by atoms with Crippen molar-refractivity contribution in [3.05, 3.63) is 131 Å².